The van der Waals surface area contributed by atoms with Crippen molar-refractivity contribution >= 4 is 23.0 Å². The number of para-hydroxylation sites is 1. The monoisotopic (exact) mass is 326 g/mol. The largest absolute Gasteiger partial charge is 0.457 e. The quantitative estimate of drug-likeness (QED) is 0.798. The van der Waals surface area contributed by atoms with Gasteiger partial charge >= 0.3 is 0 Å². The van der Waals surface area contributed by atoms with Gasteiger partial charge < -0.3 is 15.0 Å². The molecule has 1 fully saturated rings. The van der Waals surface area contributed by atoms with Gasteiger partial charge in [-0.2, -0.15) is 0 Å². The van der Waals surface area contributed by atoms with Crippen LogP contribution in [-0.2, 0) is 0 Å². The van der Waals surface area contributed by atoms with E-state index < -0.39 is 0 Å². The van der Waals surface area contributed by atoms with Crippen LogP contribution in [0.15, 0.2) is 54.6 Å². The van der Waals surface area contributed by atoms with Crippen LogP contribution >= 0.6 is 12.2 Å². The molecule has 0 aromatic heterocycles. The van der Waals surface area contributed by atoms with Crippen LogP contribution in [0.25, 0.3) is 0 Å². The summed E-state index contributed by atoms with van der Waals surface area (Å²) >= 11 is 5.55. The zero-order chi connectivity index (χ0) is 16.1. The highest BCUT2D eigenvalue weighted by Gasteiger charge is 2.20. The van der Waals surface area contributed by atoms with Gasteiger partial charge in [0.1, 0.15) is 11.5 Å². The second-order valence-corrected chi connectivity index (χ2v) is 6.29. The Labute approximate surface area is 143 Å². The number of ether oxygens (including phenoxy) is 1. The fourth-order valence-electron chi connectivity index (χ4n) is 2.83. The van der Waals surface area contributed by atoms with E-state index in [9.17, 15) is 0 Å². The Hall–Kier alpha value is -2.07. The molecule has 0 saturated carbocycles. The van der Waals surface area contributed by atoms with Crippen LogP contribution in [0.3, 0.4) is 0 Å². The standard InChI is InChI=1S/C19H22N2OS/c1-15-7-5-6-14-21(15)19(23)20-16-10-12-18(13-11-16)22-17-8-3-2-4-9-17/h2-4,8-13,15H,5-7,14H2,1H3,(H,20,23). The molecule has 3 rings (SSSR count). The van der Waals surface area contributed by atoms with Crippen molar-refractivity contribution in [1.29, 1.82) is 0 Å². The van der Waals surface area contributed by atoms with E-state index in [4.69, 9.17) is 17.0 Å². The van der Waals surface area contributed by atoms with Gasteiger partial charge in [-0.3, -0.25) is 0 Å². The number of piperidine rings is 1. The normalized spacial score (nSPS) is 17.6. The van der Waals surface area contributed by atoms with Gasteiger partial charge in [-0.05, 0) is 74.8 Å². The van der Waals surface area contributed by atoms with Gasteiger partial charge in [-0.15, -0.1) is 0 Å². The first kappa shape index (κ1) is 15.8. The summed E-state index contributed by atoms with van der Waals surface area (Å²) in [5.41, 5.74) is 0.994. The lowest BCUT2D eigenvalue weighted by molar-refractivity contribution is 0.262. The molecule has 1 aliphatic heterocycles. The van der Waals surface area contributed by atoms with E-state index in [0.717, 1.165) is 28.8 Å². The van der Waals surface area contributed by atoms with Crippen LogP contribution in [0, 0.1) is 0 Å². The van der Waals surface area contributed by atoms with E-state index in [2.05, 4.69) is 17.1 Å². The van der Waals surface area contributed by atoms with Gasteiger partial charge in [0, 0.05) is 18.3 Å². The van der Waals surface area contributed by atoms with Gasteiger partial charge in [0.2, 0.25) is 0 Å². The number of likely N-dealkylation sites (tertiary alicyclic amines) is 1. The third kappa shape index (κ3) is 4.23. The molecule has 2 aromatic carbocycles. The molecule has 2 aromatic rings. The molecule has 1 heterocycles. The van der Waals surface area contributed by atoms with Crippen molar-refractivity contribution in [2.45, 2.75) is 32.2 Å². The predicted molar refractivity (Wildman–Crippen MR) is 99.2 cm³/mol. The van der Waals surface area contributed by atoms with E-state index in [1.807, 2.05) is 54.6 Å². The minimum Gasteiger partial charge on any atom is -0.457 e. The van der Waals surface area contributed by atoms with E-state index in [1.165, 1.54) is 19.3 Å². The van der Waals surface area contributed by atoms with Gasteiger partial charge in [-0.1, -0.05) is 18.2 Å². The summed E-state index contributed by atoms with van der Waals surface area (Å²) in [5.74, 6) is 1.66. The Bertz CT molecular complexity index is 642. The third-order valence-corrected chi connectivity index (χ3v) is 4.48. The Morgan fingerprint density at radius 1 is 1.04 bits per heavy atom. The number of anilines is 1. The average Bonchev–Trinajstić information content (AvgIpc) is 2.58. The summed E-state index contributed by atoms with van der Waals surface area (Å²) in [6.45, 7) is 3.28. The van der Waals surface area contributed by atoms with Crippen LogP contribution in [0.2, 0.25) is 0 Å². The molecule has 1 atom stereocenters. The van der Waals surface area contributed by atoms with Gasteiger partial charge in [-0.25, -0.2) is 0 Å². The fraction of sp³-hybridized carbons (Fsp3) is 0.316. The summed E-state index contributed by atoms with van der Waals surface area (Å²) in [5, 5.41) is 4.15. The summed E-state index contributed by atoms with van der Waals surface area (Å²) in [6.07, 6.45) is 3.73. The maximum Gasteiger partial charge on any atom is 0.173 e. The Balaban J connectivity index is 1.60. The first-order valence-electron chi connectivity index (χ1n) is 8.13. The van der Waals surface area contributed by atoms with E-state index in [-0.39, 0.29) is 0 Å². The van der Waals surface area contributed by atoms with Crippen LogP contribution in [0.4, 0.5) is 5.69 Å². The fourth-order valence-corrected chi connectivity index (χ4v) is 3.22. The van der Waals surface area contributed by atoms with E-state index in [0.29, 0.717) is 6.04 Å². The van der Waals surface area contributed by atoms with Gasteiger partial charge in [0.25, 0.3) is 0 Å². The highest BCUT2D eigenvalue weighted by atomic mass is 32.1. The second-order valence-electron chi connectivity index (χ2n) is 5.91. The molecule has 0 spiro atoms. The van der Waals surface area contributed by atoms with Crippen molar-refractivity contribution in [3.8, 4) is 11.5 Å². The highest BCUT2D eigenvalue weighted by molar-refractivity contribution is 7.80. The number of rotatable bonds is 3. The highest BCUT2D eigenvalue weighted by Crippen LogP contribution is 2.23. The summed E-state index contributed by atoms with van der Waals surface area (Å²) in [7, 11) is 0. The summed E-state index contributed by atoms with van der Waals surface area (Å²) < 4.78 is 5.80. The van der Waals surface area contributed by atoms with Crippen LogP contribution < -0.4 is 10.1 Å². The molecule has 0 aliphatic carbocycles. The molecule has 0 amide bonds. The molecule has 1 unspecified atom stereocenters. The molecule has 4 heteroatoms. The number of hydrogen-bond donors (Lipinski definition) is 1. The molecule has 23 heavy (non-hydrogen) atoms. The molecule has 120 valence electrons. The van der Waals surface area contributed by atoms with Crippen LogP contribution in [0.1, 0.15) is 26.2 Å². The maximum atomic E-state index is 5.80. The Morgan fingerprint density at radius 3 is 2.43 bits per heavy atom. The first-order valence-corrected chi connectivity index (χ1v) is 8.54. The van der Waals surface area contributed by atoms with Crippen LogP contribution in [0.5, 0.6) is 11.5 Å². The molecule has 1 N–H and O–H groups in total. The van der Waals surface area contributed by atoms with Gasteiger partial charge in [0.05, 0.1) is 0 Å². The third-order valence-electron chi connectivity index (χ3n) is 4.15. The summed E-state index contributed by atoms with van der Waals surface area (Å²) in [6, 6.07) is 18.2. The topological polar surface area (TPSA) is 24.5 Å². The van der Waals surface area contributed by atoms with Gasteiger partial charge in [0.15, 0.2) is 5.11 Å². The molecule has 1 aliphatic rings. The number of thiocarbonyl (C=S) groups is 1. The van der Waals surface area contributed by atoms with E-state index in [1.54, 1.807) is 0 Å². The molecule has 3 nitrogen and oxygen atoms in total. The molecular weight excluding hydrogens is 304 g/mol. The molecular formula is C19H22N2OS. The molecule has 0 bridgehead atoms. The molecule has 0 radical (unpaired) electrons. The Morgan fingerprint density at radius 2 is 1.74 bits per heavy atom. The number of nitrogens with one attached hydrogen (secondary N) is 1. The number of benzene rings is 2. The minimum absolute atomic E-state index is 0.518. The van der Waals surface area contributed by atoms with Crippen LogP contribution in [-0.4, -0.2) is 22.6 Å². The first-order chi connectivity index (χ1) is 11.2. The van der Waals surface area contributed by atoms with Crippen molar-refractivity contribution < 1.29 is 4.74 Å². The average molecular weight is 326 g/mol. The van der Waals surface area contributed by atoms with Crippen molar-refractivity contribution in [3.05, 3.63) is 54.6 Å². The lowest BCUT2D eigenvalue weighted by Gasteiger charge is -2.35. The SMILES string of the molecule is CC1CCCCN1C(=S)Nc1ccc(Oc2ccccc2)cc1. The number of hydrogen-bond acceptors (Lipinski definition) is 2. The van der Waals surface area contributed by atoms with Crippen molar-refractivity contribution in [2.75, 3.05) is 11.9 Å². The van der Waals surface area contributed by atoms with Crippen molar-refractivity contribution in [1.82, 2.24) is 4.90 Å². The predicted octanol–water partition coefficient (Wildman–Crippen LogP) is 5.05. The zero-order valence-electron chi connectivity index (χ0n) is 13.4. The van der Waals surface area contributed by atoms with Crippen molar-refractivity contribution in [2.24, 2.45) is 0 Å². The smallest absolute Gasteiger partial charge is 0.173 e. The zero-order valence-corrected chi connectivity index (χ0v) is 14.2. The minimum atomic E-state index is 0.518. The second kappa shape index (κ2) is 7.47. The maximum absolute atomic E-state index is 5.80. The number of nitrogens with zero attached hydrogens (tertiary/aromatic N) is 1. The molecule has 1 saturated heterocycles. The lowest BCUT2D eigenvalue weighted by atomic mass is 10.0. The van der Waals surface area contributed by atoms with Crippen molar-refractivity contribution in [3.63, 3.8) is 0 Å². The summed E-state index contributed by atoms with van der Waals surface area (Å²) in [4.78, 5) is 2.28. The lowest BCUT2D eigenvalue weighted by Crippen LogP contribution is -2.44. The Kier molecular flexibility index (Phi) is 5.13. The van der Waals surface area contributed by atoms with E-state index >= 15 is 0 Å².